The fraction of sp³-hybridized carbons (Fsp3) is 0.500. The van der Waals surface area contributed by atoms with E-state index < -0.39 is 0 Å². The Kier molecular flexibility index (Phi) is 4.55. The minimum Gasteiger partial charge on any atom is -0.342 e. The Morgan fingerprint density at radius 2 is 1.79 bits per heavy atom. The van der Waals surface area contributed by atoms with Crippen molar-refractivity contribution >= 4 is 5.91 Å². The Balaban J connectivity index is 1.86. The van der Waals surface area contributed by atoms with E-state index >= 15 is 0 Å². The highest BCUT2D eigenvalue weighted by atomic mass is 16.2. The highest BCUT2D eigenvalue weighted by molar-refractivity contribution is 5.78. The first-order chi connectivity index (χ1) is 11.5. The zero-order valence-electron chi connectivity index (χ0n) is 14.5. The van der Waals surface area contributed by atoms with Crippen LogP contribution in [0.15, 0.2) is 35.1 Å². The van der Waals surface area contributed by atoms with Gasteiger partial charge in [0.05, 0.1) is 5.69 Å². The van der Waals surface area contributed by atoms with Crippen molar-refractivity contribution in [1.29, 1.82) is 0 Å². The summed E-state index contributed by atoms with van der Waals surface area (Å²) in [6, 6.07) is 9.61. The molecule has 0 aliphatic carbocycles. The standard InChI is InChI=1S/C18H24N4O2/c1-13(2)17(23)21-11-9-14(10-12-21)16-19-20(3)18(24)22(16)15-7-5-4-6-8-15/h4-8,13-14H,9-12H2,1-3H3. The van der Waals surface area contributed by atoms with Crippen molar-refractivity contribution < 1.29 is 4.79 Å². The average Bonchev–Trinajstić information content (AvgIpc) is 2.90. The lowest BCUT2D eigenvalue weighted by molar-refractivity contribution is -0.135. The van der Waals surface area contributed by atoms with Crippen LogP contribution in [-0.4, -0.2) is 38.2 Å². The van der Waals surface area contributed by atoms with Crippen LogP contribution in [0.25, 0.3) is 5.69 Å². The minimum atomic E-state index is -0.128. The fourth-order valence-electron chi connectivity index (χ4n) is 3.29. The van der Waals surface area contributed by atoms with Crippen LogP contribution in [0.1, 0.15) is 38.4 Å². The summed E-state index contributed by atoms with van der Waals surface area (Å²) in [5, 5.41) is 4.48. The molecule has 0 spiro atoms. The Morgan fingerprint density at radius 1 is 1.17 bits per heavy atom. The zero-order valence-corrected chi connectivity index (χ0v) is 14.5. The van der Waals surface area contributed by atoms with Crippen molar-refractivity contribution in [2.45, 2.75) is 32.6 Å². The number of likely N-dealkylation sites (tertiary alicyclic amines) is 1. The molecule has 128 valence electrons. The lowest BCUT2D eigenvalue weighted by Gasteiger charge is -2.32. The maximum Gasteiger partial charge on any atom is 0.350 e. The fourth-order valence-corrected chi connectivity index (χ4v) is 3.29. The summed E-state index contributed by atoms with van der Waals surface area (Å²) in [6.45, 7) is 5.31. The van der Waals surface area contributed by atoms with Gasteiger partial charge in [-0.3, -0.25) is 4.79 Å². The number of benzene rings is 1. The van der Waals surface area contributed by atoms with E-state index in [1.807, 2.05) is 49.1 Å². The summed E-state index contributed by atoms with van der Waals surface area (Å²) < 4.78 is 3.10. The molecule has 0 N–H and O–H groups in total. The van der Waals surface area contributed by atoms with Crippen LogP contribution in [0.2, 0.25) is 0 Å². The number of aryl methyl sites for hydroxylation is 1. The van der Waals surface area contributed by atoms with Crippen LogP contribution in [0.3, 0.4) is 0 Å². The summed E-state index contributed by atoms with van der Waals surface area (Å²) in [5.74, 6) is 1.22. The van der Waals surface area contributed by atoms with Crippen molar-refractivity contribution in [3.8, 4) is 5.69 Å². The van der Waals surface area contributed by atoms with Crippen molar-refractivity contribution in [2.75, 3.05) is 13.1 Å². The van der Waals surface area contributed by atoms with E-state index in [0.717, 1.165) is 37.4 Å². The largest absolute Gasteiger partial charge is 0.350 e. The molecule has 1 aromatic carbocycles. The number of aromatic nitrogens is 3. The number of para-hydroxylation sites is 1. The molecule has 1 fully saturated rings. The van der Waals surface area contributed by atoms with E-state index in [1.165, 1.54) is 4.68 Å². The van der Waals surface area contributed by atoms with Gasteiger partial charge in [0, 0.05) is 32.0 Å². The van der Waals surface area contributed by atoms with Crippen LogP contribution in [-0.2, 0) is 11.8 Å². The second-order valence-corrected chi connectivity index (χ2v) is 6.69. The van der Waals surface area contributed by atoms with E-state index in [1.54, 1.807) is 11.6 Å². The van der Waals surface area contributed by atoms with Gasteiger partial charge in [-0.15, -0.1) is 0 Å². The van der Waals surface area contributed by atoms with Gasteiger partial charge in [-0.2, -0.15) is 5.10 Å². The monoisotopic (exact) mass is 328 g/mol. The van der Waals surface area contributed by atoms with Crippen LogP contribution in [0, 0.1) is 5.92 Å². The Labute approximate surface area is 141 Å². The smallest absolute Gasteiger partial charge is 0.342 e. The lowest BCUT2D eigenvalue weighted by atomic mass is 9.95. The van der Waals surface area contributed by atoms with Gasteiger partial charge in [0.2, 0.25) is 5.91 Å². The molecule has 1 saturated heterocycles. The molecule has 0 unspecified atom stereocenters. The molecule has 1 aliphatic heterocycles. The molecule has 24 heavy (non-hydrogen) atoms. The number of carbonyl (C=O) groups is 1. The van der Waals surface area contributed by atoms with E-state index in [0.29, 0.717) is 0 Å². The summed E-state index contributed by atoms with van der Waals surface area (Å²) in [6.07, 6.45) is 1.67. The molecule has 1 amide bonds. The number of rotatable bonds is 3. The van der Waals surface area contributed by atoms with E-state index in [9.17, 15) is 9.59 Å². The van der Waals surface area contributed by atoms with Crippen LogP contribution >= 0.6 is 0 Å². The molecule has 0 saturated carbocycles. The Bertz CT molecular complexity index is 768. The maximum atomic E-state index is 12.5. The van der Waals surface area contributed by atoms with Crippen LogP contribution < -0.4 is 5.69 Å². The second kappa shape index (κ2) is 6.63. The third kappa shape index (κ3) is 3.00. The van der Waals surface area contributed by atoms with E-state index in [-0.39, 0.29) is 23.4 Å². The van der Waals surface area contributed by atoms with Crippen molar-refractivity contribution in [1.82, 2.24) is 19.2 Å². The van der Waals surface area contributed by atoms with Crippen molar-refractivity contribution in [3.05, 3.63) is 46.6 Å². The molecular weight excluding hydrogens is 304 g/mol. The van der Waals surface area contributed by atoms with Gasteiger partial charge in [-0.25, -0.2) is 14.0 Å². The van der Waals surface area contributed by atoms with Crippen LogP contribution in [0.5, 0.6) is 0 Å². The third-order valence-corrected chi connectivity index (χ3v) is 4.63. The van der Waals surface area contributed by atoms with Crippen molar-refractivity contribution in [3.63, 3.8) is 0 Å². The highest BCUT2D eigenvalue weighted by Crippen LogP contribution is 2.28. The summed E-state index contributed by atoms with van der Waals surface area (Å²) in [7, 11) is 1.68. The average molecular weight is 328 g/mol. The van der Waals surface area contributed by atoms with Gasteiger partial charge < -0.3 is 4.90 Å². The van der Waals surface area contributed by atoms with Crippen molar-refractivity contribution in [2.24, 2.45) is 13.0 Å². The predicted molar refractivity (Wildman–Crippen MR) is 92.2 cm³/mol. The summed E-state index contributed by atoms with van der Waals surface area (Å²) >= 11 is 0. The van der Waals surface area contributed by atoms with Gasteiger partial charge in [0.1, 0.15) is 5.82 Å². The van der Waals surface area contributed by atoms with E-state index in [4.69, 9.17) is 0 Å². The molecule has 1 aliphatic rings. The molecule has 0 atom stereocenters. The highest BCUT2D eigenvalue weighted by Gasteiger charge is 2.29. The summed E-state index contributed by atoms with van der Waals surface area (Å²) in [5.41, 5.74) is 0.711. The Morgan fingerprint density at radius 3 is 2.38 bits per heavy atom. The molecular formula is C18H24N4O2. The molecule has 3 rings (SSSR count). The van der Waals surface area contributed by atoms with Gasteiger partial charge in [0.15, 0.2) is 0 Å². The normalized spacial score (nSPS) is 15.9. The first kappa shape index (κ1) is 16.5. The lowest BCUT2D eigenvalue weighted by Crippen LogP contribution is -2.40. The zero-order chi connectivity index (χ0) is 17.3. The van der Waals surface area contributed by atoms with Gasteiger partial charge in [-0.1, -0.05) is 32.0 Å². The molecule has 0 bridgehead atoms. The number of piperidine rings is 1. The topological polar surface area (TPSA) is 60.1 Å². The number of carbonyl (C=O) groups excluding carboxylic acids is 1. The van der Waals surface area contributed by atoms with Gasteiger partial charge >= 0.3 is 5.69 Å². The number of hydrogen-bond donors (Lipinski definition) is 0. The first-order valence-electron chi connectivity index (χ1n) is 8.49. The maximum absolute atomic E-state index is 12.5. The second-order valence-electron chi connectivity index (χ2n) is 6.69. The number of amides is 1. The Hall–Kier alpha value is -2.37. The molecule has 1 aromatic heterocycles. The third-order valence-electron chi connectivity index (χ3n) is 4.63. The van der Waals surface area contributed by atoms with Gasteiger partial charge in [0.25, 0.3) is 0 Å². The SMILES string of the molecule is CC(C)C(=O)N1CCC(c2nn(C)c(=O)n2-c2ccccc2)CC1. The molecule has 2 heterocycles. The first-order valence-corrected chi connectivity index (χ1v) is 8.49. The van der Waals surface area contributed by atoms with E-state index in [2.05, 4.69) is 5.10 Å². The van der Waals surface area contributed by atoms with Crippen LogP contribution in [0.4, 0.5) is 0 Å². The predicted octanol–water partition coefficient (Wildman–Crippen LogP) is 1.93. The molecule has 0 radical (unpaired) electrons. The molecule has 6 nitrogen and oxygen atoms in total. The number of nitrogens with zero attached hydrogens (tertiary/aromatic N) is 4. The molecule has 2 aromatic rings. The number of hydrogen-bond acceptors (Lipinski definition) is 3. The molecule has 6 heteroatoms. The summed E-state index contributed by atoms with van der Waals surface area (Å²) in [4.78, 5) is 26.6. The van der Waals surface area contributed by atoms with Gasteiger partial charge in [-0.05, 0) is 25.0 Å². The quantitative estimate of drug-likeness (QED) is 0.865. The minimum absolute atomic E-state index is 0.0268.